The zero-order chi connectivity index (χ0) is 15.8. The molecule has 0 bridgehead atoms. The van der Waals surface area contributed by atoms with E-state index in [0.717, 1.165) is 0 Å². The number of amides is 1. The van der Waals surface area contributed by atoms with E-state index in [-0.39, 0.29) is 24.5 Å². The molecule has 1 N–H and O–H groups in total. The van der Waals surface area contributed by atoms with Crippen LogP contribution in [0.5, 0.6) is 0 Å². The van der Waals surface area contributed by atoms with Gasteiger partial charge < -0.3 is 10.1 Å². The van der Waals surface area contributed by atoms with Crippen LogP contribution in [0.4, 0.5) is 5.82 Å². The van der Waals surface area contributed by atoms with Crippen molar-refractivity contribution in [1.82, 2.24) is 9.78 Å². The molecule has 1 amide bonds. The molecule has 0 fully saturated rings. The number of methoxy groups -OCH3 is 1. The first-order valence-electron chi connectivity index (χ1n) is 7.09. The molecule has 116 valence electrons. The lowest BCUT2D eigenvalue weighted by Gasteiger charge is -2.03. The lowest BCUT2D eigenvalue weighted by Crippen LogP contribution is -2.14. The molecule has 6 nitrogen and oxygen atoms in total. The van der Waals surface area contributed by atoms with Crippen LogP contribution >= 0.6 is 0 Å². The van der Waals surface area contributed by atoms with Crippen molar-refractivity contribution in [3.05, 3.63) is 48.2 Å². The van der Waals surface area contributed by atoms with Crippen LogP contribution < -0.4 is 5.32 Å². The first-order valence-corrected chi connectivity index (χ1v) is 7.09. The van der Waals surface area contributed by atoms with E-state index >= 15 is 0 Å². The molecule has 2 aromatic rings. The number of aromatic nitrogens is 2. The number of ketones is 1. The average Bonchev–Trinajstić information content (AvgIpc) is 2.98. The second-order valence-corrected chi connectivity index (χ2v) is 4.79. The van der Waals surface area contributed by atoms with E-state index in [4.69, 9.17) is 4.74 Å². The van der Waals surface area contributed by atoms with Gasteiger partial charge in [-0.25, -0.2) is 0 Å². The minimum absolute atomic E-state index is 0.0404. The van der Waals surface area contributed by atoms with Crippen LogP contribution in [0, 0.1) is 0 Å². The maximum atomic E-state index is 11.9. The van der Waals surface area contributed by atoms with Crippen LogP contribution in [0.1, 0.15) is 23.2 Å². The van der Waals surface area contributed by atoms with Gasteiger partial charge in [-0.05, 0) is 0 Å². The number of ether oxygens (including phenoxy) is 1. The van der Waals surface area contributed by atoms with Crippen LogP contribution in [0.25, 0.3) is 0 Å². The van der Waals surface area contributed by atoms with Crippen molar-refractivity contribution < 1.29 is 14.3 Å². The van der Waals surface area contributed by atoms with Crippen LogP contribution in [-0.4, -0.2) is 35.2 Å². The molecule has 2 rings (SSSR count). The number of nitrogens with one attached hydrogen (secondary N) is 1. The van der Waals surface area contributed by atoms with E-state index in [1.165, 1.54) is 0 Å². The summed E-state index contributed by atoms with van der Waals surface area (Å²) in [5.74, 6) is 0.218. The molecule has 0 radical (unpaired) electrons. The van der Waals surface area contributed by atoms with Crippen molar-refractivity contribution in [2.24, 2.45) is 0 Å². The summed E-state index contributed by atoms with van der Waals surface area (Å²) in [4.78, 5) is 23.7. The Labute approximate surface area is 129 Å². The van der Waals surface area contributed by atoms with Crippen LogP contribution in [0.15, 0.2) is 42.6 Å². The normalized spacial score (nSPS) is 10.4. The van der Waals surface area contributed by atoms with Gasteiger partial charge in [-0.1, -0.05) is 30.3 Å². The number of rotatable bonds is 8. The summed E-state index contributed by atoms with van der Waals surface area (Å²) < 4.78 is 6.65. The number of benzene rings is 1. The summed E-state index contributed by atoms with van der Waals surface area (Å²) in [6.45, 7) is 1.18. The van der Waals surface area contributed by atoms with E-state index in [0.29, 0.717) is 24.5 Å². The van der Waals surface area contributed by atoms with Crippen molar-refractivity contribution >= 4 is 17.5 Å². The lowest BCUT2D eigenvalue weighted by atomic mass is 10.1. The molecule has 0 spiro atoms. The maximum Gasteiger partial charge on any atom is 0.226 e. The summed E-state index contributed by atoms with van der Waals surface area (Å²) in [5.41, 5.74) is 0.624. The SMILES string of the molecule is COCCn1ccc(NC(=O)CCC(=O)c2ccccc2)n1. The van der Waals surface area contributed by atoms with Gasteiger partial charge in [-0.15, -0.1) is 0 Å². The van der Waals surface area contributed by atoms with Gasteiger partial charge in [0.1, 0.15) is 0 Å². The summed E-state index contributed by atoms with van der Waals surface area (Å²) in [5, 5.41) is 6.87. The van der Waals surface area contributed by atoms with Crippen molar-refractivity contribution in [2.75, 3.05) is 19.0 Å². The maximum absolute atomic E-state index is 11.9. The second-order valence-electron chi connectivity index (χ2n) is 4.79. The third-order valence-corrected chi connectivity index (χ3v) is 3.11. The highest BCUT2D eigenvalue weighted by molar-refractivity contribution is 5.99. The molecule has 0 saturated heterocycles. The van der Waals surface area contributed by atoms with Gasteiger partial charge in [0.05, 0.1) is 13.2 Å². The van der Waals surface area contributed by atoms with Crippen molar-refractivity contribution in [2.45, 2.75) is 19.4 Å². The van der Waals surface area contributed by atoms with Crippen molar-refractivity contribution in [1.29, 1.82) is 0 Å². The third-order valence-electron chi connectivity index (χ3n) is 3.11. The Balaban J connectivity index is 1.78. The van der Waals surface area contributed by atoms with Gasteiger partial charge in [0.25, 0.3) is 0 Å². The molecular formula is C16H19N3O3. The fourth-order valence-corrected chi connectivity index (χ4v) is 1.94. The van der Waals surface area contributed by atoms with Crippen LogP contribution in [-0.2, 0) is 16.1 Å². The average molecular weight is 301 g/mol. The summed E-state index contributed by atoms with van der Waals surface area (Å²) >= 11 is 0. The zero-order valence-electron chi connectivity index (χ0n) is 12.5. The number of anilines is 1. The molecule has 1 aromatic carbocycles. The standard InChI is InChI=1S/C16H19N3O3/c1-22-12-11-19-10-9-15(18-19)17-16(21)8-7-14(20)13-5-3-2-4-6-13/h2-6,9-10H,7-8,11-12H2,1H3,(H,17,18,21). The summed E-state index contributed by atoms with van der Waals surface area (Å²) in [6.07, 6.45) is 2.09. The Morgan fingerprint density at radius 1 is 1.18 bits per heavy atom. The Bertz CT molecular complexity index is 623. The molecule has 22 heavy (non-hydrogen) atoms. The van der Waals surface area contributed by atoms with E-state index < -0.39 is 0 Å². The number of carbonyl (C=O) groups is 2. The van der Waals surface area contributed by atoms with Crippen LogP contribution in [0.3, 0.4) is 0 Å². The fraction of sp³-hybridized carbons (Fsp3) is 0.312. The molecule has 0 unspecified atom stereocenters. The minimum atomic E-state index is -0.221. The molecular weight excluding hydrogens is 282 g/mol. The molecule has 0 aliphatic heterocycles. The molecule has 0 saturated carbocycles. The van der Waals surface area contributed by atoms with Gasteiger partial charge in [0.15, 0.2) is 11.6 Å². The second kappa shape index (κ2) is 8.09. The molecule has 6 heteroatoms. The zero-order valence-corrected chi connectivity index (χ0v) is 12.5. The highest BCUT2D eigenvalue weighted by Crippen LogP contribution is 2.07. The molecule has 0 atom stereocenters. The topological polar surface area (TPSA) is 73.2 Å². The minimum Gasteiger partial charge on any atom is -0.383 e. The predicted molar refractivity (Wildman–Crippen MR) is 82.7 cm³/mol. The Hall–Kier alpha value is -2.47. The van der Waals surface area contributed by atoms with Gasteiger partial charge in [0.2, 0.25) is 5.91 Å². The smallest absolute Gasteiger partial charge is 0.226 e. The fourth-order valence-electron chi connectivity index (χ4n) is 1.94. The first-order chi connectivity index (χ1) is 10.7. The molecule has 0 aliphatic rings. The van der Waals surface area contributed by atoms with E-state index in [1.807, 2.05) is 6.07 Å². The number of carbonyl (C=O) groups excluding carboxylic acids is 2. The Morgan fingerprint density at radius 3 is 2.68 bits per heavy atom. The largest absolute Gasteiger partial charge is 0.383 e. The summed E-state index contributed by atoms with van der Waals surface area (Å²) in [7, 11) is 1.62. The number of hydrogen-bond donors (Lipinski definition) is 1. The number of Topliss-reactive ketones (excluding diaryl/α,β-unsaturated/α-hetero) is 1. The lowest BCUT2D eigenvalue weighted by molar-refractivity contribution is -0.116. The van der Waals surface area contributed by atoms with Gasteiger partial charge in [0, 0.05) is 37.8 Å². The highest BCUT2D eigenvalue weighted by Gasteiger charge is 2.10. The molecule has 1 aromatic heterocycles. The first kappa shape index (κ1) is 15.9. The quantitative estimate of drug-likeness (QED) is 0.758. The van der Waals surface area contributed by atoms with Gasteiger partial charge in [-0.3, -0.25) is 14.3 Å². The van der Waals surface area contributed by atoms with Crippen LogP contribution in [0.2, 0.25) is 0 Å². The molecule has 0 aliphatic carbocycles. The van der Waals surface area contributed by atoms with Gasteiger partial charge in [-0.2, -0.15) is 5.10 Å². The van der Waals surface area contributed by atoms with E-state index in [2.05, 4.69) is 10.4 Å². The molecule has 1 heterocycles. The predicted octanol–water partition coefficient (Wildman–Crippen LogP) is 2.13. The monoisotopic (exact) mass is 301 g/mol. The number of hydrogen-bond acceptors (Lipinski definition) is 4. The van der Waals surface area contributed by atoms with Crippen molar-refractivity contribution in [3.8, 4) is 0 Å². The Kier molecular flexibility index (Phi) is 5.85. The van der Waals surface area contributed by atoms with Crippen molar-refractivity contribution in [3.63, 3.8) is 0 Å². The third kappa shape index (κ3) is 4.82. The Morgan fingerprint density at radius 2 is 1.95 bits per heavy atom. The summed E-state index contributed by atoms with van der Waals surface area (Å²) in [6, 6.07) is 10.7. The van der Waals surface area contributed by atoms with E-state index in [1.54, 1.807) is 48.3 Å². The van der Waals surface area contributed by atoms with Gasteiger partial charge >= 0.3 is 0 Å². The van der Waals surface area contributed by atoms with E-state index in [9.17, 15) is 9.59 Å². The number of nitrogens with zero attached hydrogens (tertiary/aromatic N) is 2. The highest BCUT2D eigenvalue weighted by atomic mass is 16.5.